The highest BCUT2D eigenvalue weighted by Crippen LogP contribution is 2.27. The van der Waals surface area contributed by atoms with Crippen molar-refractivity contribution in [1.82, 2.24) is 0 Å². The second-order valence-corrected chi connectivity index (χ2v) is 5.04. The van der Waals surface area contributed by atoms with Crippen LogP contribution in [-0.2, 0) is 0 Å². The molecule has 2 rings (SSSR count). The topological polar surface area (TPSA) is 27.7 Å². The van der Waals surface area contributed by atoms with Gasteiger partial charge in [-0.15, -0.1) is 0 Å². The van der Waals surface area contributed by atoms with Crippen LogP contribution in [-0.4, -0.2) is 20.3 Å². The fourth-order valence-electron chi connectivity index (χ4n) is 2.13. The number of hydrogen-bond acceptors (Lipinski definition) is 3. The molecule has 3 nitrogen and oxygen atoms in total. The van der Waals surface area contributed by atoms with Gasteiger partial charge in [-0.3, -0.25) is 0 Å². The number of methoxy groups -OCH3 is 1. The summed E-state index contributed by atoms with van der Waals surface area (Å²) in [5.74, 6) is 2.84. The Bertz CT molecular complexity index is 564. The third kappa shape index (κ3) is 4.15. The van der Waals surface area contributed by atoms with Gasteiger partial charge in [-0.2, -0.15) is 0 Å². The van der Waals surface area contributed by atoms with Gasteiger partial charge in [-0.05, 0) is 29.7 Å². The first-order valence-electron chi connectivity index (χ1n) is 7.20. The molecule has 0 spiro atoms. The van der Waals surface area contributed by atoms with Gasteiger partial charge in [0.25, 0.3) is 0 Å². The number of ether oxygens (including phenoxy) is 3. The predicted octanol–water partition coefficient (Wildman–Crippen LogP) is 4.28. The molecule has 112 valence electrons. The summed E-state index contributed by atoms with van der Waals surface area (Å²) in [4.78, 5) is 0. The lowest BCUT2D eigenvalue weighted by Crippen LogP contribution is -2.10. The van der Waals surface area contributed by atoms with Crippen LogP contribution in [0.1, 0.15) is 25.3 Å². The van der Waals surface area contributed by atoms with Crippen LogP contribution in [0.3, 0.4) is 0 Å². The Hall–Kier alpha value is -2.16. The highest BCUT2D eigenvalue weighted by Gasteiger charge is 2.07. The number of rotatable bonds is 7. The minimum absolute atomic E-state index is 0.441. The number of benzene rings is 2. The molecule has 0 bridgehead atoms. The maximum atomic E-state index is 5.83. The van der Waals surface area contributed by atoms with Gasteiger partial charge < -0.3 is 14.2 Å². The third-order valence-corrected chi connectivity index (χ3v) is 3.21. The Morgan fingerprint density at radius 1 is 0.762 bits per heavy atom. The van der Waals surface area contributed by atoms with Gasteiger partial charge in [0.1, 0.15) is 19.0 Å². The monoisotopic (exact) mass is 286 g/mol. The molecule has 0 unspecified atom stereocenters. The van der Waals surface area contributed by atoms with E-state index in [1.165, 1.54) is 5.56 Å². The fourth-order valence-corrected chi connectivity index (χ4v) is 2.13. The first kappa shape index (κ1) is 15.2. The molecule has 0 aliphatic carbocycles. The SMILES string of the molecule is COc1ccccc1OCCOc1ccccc1C(C)C. The maximum absolute atomic E-state index is 5.83. The standard InChI is InChI=1S/C18H22O3/c1-14(2)15-8-4-5-9-16(15)20-12-13-21-18-11-7-6-10-17(18)19-3/h4-11,14H,12-13H2,1-3H3. The highest BCUT2D eigenvalue weighted by molar-refractivity contribution is 5.39. The van der Waals surface area contributed by atoms with Crippen molar-refractivity contribution in [3.05, 3.63) is 54.1 Å². The molecule has 0 atom stereocenters. The zero-order valence-electron chi connectivity index (χ0n) is 12.8. The van der Waals surface area contributed by atoms with Crippen LogP contribution >= 0.6 is 0 Å². The van der Waals surface area contributed by atoms with E-state index in [9.17, 15) is 0 Å². The smallest absolute Gasteiger partial charge is 0.161 e. The summed E-state index contributed by atoms with van der Waals surface area (Å²) in [5, 5.41) is 0. The molecular weight excluding hydrogens is 264 g/mol. The van der Waals surface area contributed by atoms with Gasteiger partial charge in [-0.25, -0.2) is 0 Å². The Kier molecular flexibility index (Phi) is 5.50. The van der Waals surface area contributed by atoms with E-state index in [0.717, 1.165) is 17.2 Å². The van der Waals surface area contributed by atoms with E-state index in [0.29, 0.717) is 19.1 Å². The zero-order valence-corrected chi connectivity index (χ0v) is 12.8. The van der Waals surface area contributed by atoms with Crippen molar-refractivity contribution in [2.75, 3.05) is 20.3 Å². The molecule has 2 aromatic carbocycles. The minimum Gasteiger partial charge on any atom is -0.493 e. The molecule has 0 saturated carbocycles. The van der Waals surface area contributed by atoms with Crippen LogP contribution in [0.5, 0.6) is 17.2 Å². The van der Waals surface area contributed by atoms with Crippen LogP contribution in [0.15, 0.2) is 48.5 Å². The maximum Gasteiger partial charge on any atom is 0.161 e. The second-order valence-electron chi connectivity index (χ2n) is 5.04. The van der Waals surface area contributed by atoms with Gasteiger partial charge in [0.05, 0.1) is 7.11 Å². The lowest BCUT2D eigenvalue weighted by molar-refractivity contribution is 0.210. The molecule has 2 aromatic rings. The van der Waals surface area contributed by atoms with E-state index >= 15 is 0 Å². The summed E-state index contributed by atoms with van der Waals surface area (Å²) in [6.45, 7) is 5.30. The van der Waals surface area contributed by atoms with E-state index < -0.39 is 0 Å². The van der Waals surface area contributed by atoms with Crippen molar-refractivity contribution < 1.29 is 14.2 Å². The molecule has 0 aromatic heterocycles. The molecule has 0 N–H and O–H groups in total. The molecule has 3 heteroatoms. The molecule has 0 saturated heterocycles. The Morgan fingerprint density at radius 2 is 1.29 bits per heavy atom. The summed E-state index contributed by atoms with van der Waals surface area (Å²) >= 11 is 0. The van der Waals surface area contributed by atoms with Crippen molar-refractivity contribution in [2.45, 2.75) is 19.8 Å². The fraction of sp³-hybridized carbons (Fsp3) is 0.333. The quantitative estimate of drug-likeness (QED) is 0.711. The van der Waals surface area contributed by atoms with Crippen LogP contribution in [0.4, 0.5) is 0 Å². The summed E-state index contributed by atoms with van der Waals surface area (Å²) in [6.07, 6.45) is 0. The third-order valence-electron chi connectivity index (χ3n) is 3.21. The molecular formula is C18H22O3. The summed E-state index contributed by atoms with van der Waals surface area (Å²) in [5.41, 5.74) is 1.22. The molecule has 0 aliphatic rings. The van der Waals surface area contributed by atoms with E-state index in [4.69, 9.17) is 14.2 Å². The van der Waals surface area contributed by atoms with Crippen molar-refractivity contribution in [1.29, 1.82) is 0 Å². The average Bonchev–Trinajstić information content (AvgIpc) is 2.52. The van der Waals surface area contributed by atoms with Crippen molar-refractivity contribution in [3.8, 4) is 17.2 Å². The predicted molar refractivity (Wildman–Crippen MR) is 84.5 cm³/mol. The largest absolute Gasteiger partial charge is 0.493 e. The van der Waals surface area contributed by atoms with Crippen molar-refractivity contribution in [2.24, 2.45) is 0 Å². The van der Waals surface area contributed by atoms with Gasteiger partial charge in [0, 0.05) is 0 Å². The lowest BCUT2D eigenvalue weighted by Gasteiger charge is -2.14. The normalized spacial score (nSPS) is 10.5. The Balaban J connectivity index is 1.88. The van der Waals surface area contributed by atoms with Gasteiger partial charge >= 0.3 is 0 Å². The van der Waals surface area contributed by atoms with Crippen LogP contribution < -0.4 is 14.2 Å². The van der Waals surface area contributed by atoms with Crippen LogP contribution in [0, 0.1) is 0 Å². The first-order valence-corrected chi connectivity index (χ1v) is 7.20. The number of para-hydroxylation sites is 3. The highest BCUT2D eigenvalue weighted by atomic mass is 16.5. The van der Waals surface area contributed by atoms with Gasteiger partial charge in [0.2, 0.25) is 0 Å². The molecule has 21 heavy (non-hydrogen) atoms. The van der Waals surface area contributed by atoms with Gasteiger partial charge in [-0.1, -0.05) is 44.2 Å². The summed E-state index contributed by atoms with van der Waals surface area (Å²) in [6, 6.07) is 15.7. The number of hydrogen-bond donors (Lipinski definition) is 0. The average molecular weight is 286 g/mol. The van der Waals surface area contributed by atoms with Gasteiger partial charge in [0.15, 0.2) is 11.5 Å². The molecule has 0 fully saturated rings. The van der Waals surface area contributed by atoms with Crippen molar-refractivity contribution >= 4 is 0 Å². The summed E-state index contributed by atoms with van der Waals surface area (Å²) < 4.78 is 16.8. The first-order chi connectivity index (χ1) is 10.2. The summed E-state index contributed by atoms with van der Waals surface area (Å²) in [7, 11) is 1.64. The van der Waals surface area contributed by atoms with E-state index in [-0.39, 0.29) is 0 Å². The minimum atomic E-state index is 0.441. The molecule has 0 aliphatic heterocycles. The van der Waals surface area contributed by atoms with E-state index in [1.54, 1.807) is 7.11 Å². The molecule has 0 radical (unpaired) electrons. The van der Waals surface area contributed by atoms with Crippen LogP contribution in [0.2, 0.25) is 0 Å². The van der Waals surface area contributed by atoms with Crippen molar-refractivity contribution in [3.63, 3.8) is 0 Å². The Labute approximate surface area is 126 Å². The van der Waals surface area contributed by atoms with E-state index in [1.807, 2.05) is 42.5 Å². The Morgan fingerprint density at radius 3 is 1.90 bits per heavy atom. The second kappa shape index (κ2) is 7.58. The zero-order chi connectivity index (χ0) is 15.1. The molecule has 0 amide bonds. The molecule has 0 heterocycles. The van der Waals surface area contributed by atoms with Crippen LogP contribution in [0.25, 0.3) is 0 Å². The lowest BCUT2D eigenvalue weighted by atomic mass is 10.0. The van der Waals surface area contributed by atoms with E-state index in [2.05, 4.69) is 19.9 Å².